The van der Waals surface area contributed by atoms with Crippen molar-refractivity contribution in [3.05, 3.63) is 11.4 Å². The summed E-state index contributed by atoms with van der Waals surface area (Å²) in [5.74, 6) is -0.489. The molecule has 0 aliphatic heterocycles. The molecule has 2 atom stereocenters. The number of sulfone groups is 1. The third-order valence-electron chi connectivity index (χ3n) is 3.95. The molecule has 1 saturated carbocycles. The molecule has 1 fully saturated rings. The number of carbonyl (C=O) groups excluding carboxylic acids is 1. The SMILES string of the molecule is CCOC(=O)c1nnn(C2CCCC(S(C)(=O)=O)C2)c1C. The van der Waals surface area contributed by atoms with Gasteiger partial charge in [0, 0.05) is 6.26 Å². The highest BCUT2D eigenvalue weighted by Gasteiger charge is 2.32. The predicted molar refractivity (Wildman–Crippen MR) is 76.9 cm³/mol. The van der Waals surface area contributed by atoms with E-state index in [0.29, 0.717) is 18.5 Å². The lowest BCUT2D eigenvalue weighted by atomic mass is 9.95. The highest BCUT2D eigenvalue weighted by molar-refractivity contribution is 7.91. The summed E-state index contributed by atoms with van der Waals surface area (Å²) in [4.78, 5) is 11.8. The number of hydrogen-bond donors (Lipinski definition) is 0. The second-order valence-electron chi connectivity index (χ2n) is 5.46. The fourth-order valence-electron chi connectivity index (χ4n) is 2.81. The average Bonchev–Trinajstić information content (AvgIpc) is 2.80. The van der Waals surface area contributed by atoms with Gasteiger partial charge in [-0.05, 0) is 33.1 Å². The summed E-state index contributed by atoms with van der Waals surface area (Å²) < 4.78 is 30.1. The van der Waals surface area contributed by atoms with Crippen molar-refractivity contribution >= 4 is 15.8 Å². The number of esters is 1. The number of hydrogen-bond acceptors (Lipinski definition) is 6. The molecule has 1 aromatic rings. The van der Waals surface area contributed by atoms with E-state index in [4.69, 9.17) is 4.74 Å². The van der Waals surface area contributed by atoms with Crippen LogP contribution in [-0.2, 0) is 14.6 Å². The zero-order valence-electron chi connectivity index (χ0n) is 12.6. The molecule has 7 nitrogen and oxygen atoms in total. The van der Waals surface area contributed by atoms with E-state index in [1.165, 1.54) is 6.26 Å². The van der Waals surface area contributed by atoms with Crippen LogP contribution in [0.1, 0.15) is 54.8 Å². The first-order valence-corrected chi connectivity index (χ1v) is 9.07. The van der Waals surface area contributed by atoms with E-state index in [0.717, 1.165) is 12.8 Å². The van der Waals surface area contributed by atoms with Gasteiger partial charge >= 0.3 is 5.97 Å². The van der Waals surface area contributed by atoms with Gasteiger partial charge in [0.1, 0.15) is 9.84 Å². The van der Waals surface area contributed by atoms with E-state index in [2.05, 4.69) is 10.3 Å². The molecule has 0 aromatic carbocycles. The maximum atomic E-state index is 11.8. The molecular weight excluding hydrogens is 294 g/mol. The van der Waals surface area contributed by atoms with Crippen molar-refractivity contribution in [3.8, 4) is 0 Å². The lowest BCUT2D eigenvalue weighted by Gasteiger charge is -2.28. The van der Waals surface area contributed by atoms with E-state index in [1.807, 2.05) is 0 Å². The normalized spacial score (nSPS) is 23.0. The molecule has 2 unspecified atom stereocenters. The Morgan fingerprint density at radius 3 is 2.76 bits per heavy atom. The lowest BCUT2D eigenvalue weighted by Crippen LogP contribution is -2.29. The first-order valence-electron chi connectivity index (χ1n) is 7.12. The molecule has 118 valence electrons. The monoisotopic (exact) mass is 315 g/mol. The number of nitrogens with zero attached hydrogens (tertiary/aromatic N) is 3. The van der Waals surface area contributed by atoms with Gasteiger partial charge in [-0.1, -0.05) is 11.6 Å². The minimum atomic E-state index is -3.05. The van der Waals surface area contributed by atoms with Crippen molar-refractivity contribution in [2.45, 2.75) is 50.8 Å². The highest BCUT2D eigenvalue weighted by atomic mass is 32.2. The average molecular weight is 315 g/mol. The number of aromatic nitrogens is 3. The third-order valence-corrected chi connectivity index (χ3v) is 5.59. The number of ether oxygens (including phenoxy) is 1. The second kappa shape index (κ2) is 6.13. The van der Waals surface area contributed by atoms with Crippen LogP contribution in [0.15, 0.2) is 0 Å². The van der Waals surface area contributed by atoms with Crippen LogP contribution >= 0.6 is 0 Å². The Labute approximate surface area is 124 Å². The van der Waals surface area contributed by atoms with E-state index in [9.17, 15) is 13.2 Å². The Hall–Kier alpha value is -1.44. The smallest absolute Gasteiger partial charge is 0.360 e. The van der Waals surface area contributed by atoms with Crippen LogP contribution in [0.25, 0.3) is 0 Å². The van der Waals surface area contributed by atoms with Gasteiger partial charge in [-0.15, -0.1) is 5.10 Å². The summed E-state index contributed by atoms with van der Waals surface area (Å²) in [6.07, 6.45) is 4.16. The summed E-state index contributed by atoms with van der Waals surface area (Å²) in [6.45, 7) is 3.77. The Morgan fingerprint density at radius 2 is 2.14 bits per heavy atom. The molecule has 0 bridgehead atoms. The Morgan fingerprint density at radius 1 is 1.43 bits per heavy atom. The molecule has 1 aromatic heterocycles. The quantitative estimate of drug-likeness (QED) is 0.778. The molecule has 0 spiro atoms. The topological polar surface area (TPSA) is 91.2 Å². The van der Waals surface area contributed by atoms with Crippen LogP contribution in [-0.4, -0.2) is 47.5 Å². The van der Waals surface area contributed by atoms with Crippen LogP contribution in [0.4, 0.5) is 0 Å². The summed E-state index contributed by atoms with van der Waals surface area (Å²) in [5, 5.41) is 7.57. The van der Waals surface area contributed by atoms with E-state index >= 15 is 0 Å². The van der Waals surface area contributed by atoms with Gasteiger partial charge in [0.05, 0.1) is 23.6 Å². The predicted octanol–water partition coefficient (Wildman–Crippen LogP) is 1.29. The first kappa shape index (κ1) is 15.9. The summed E-state index contributed by atoms with van der Waals surface area (Å²) in [5.41, 5.74) is 0.839. The van der Waals surface area contributed by atoms with Crippen LogP contribution in [0, 0.1) is 6.92 Å². The van der Waals surface area contributed by atoms with Gasteiger partial charge in [-0.2, -0.15) is 0 Å². The lowest BCUT2D eigenvalue weighted by molar-refractivity contribution is 0.0518. The van der Waals surface area contributed by atoms with Gasteiger partial charge in [0.15, 0.2) is 5.69 Å². The molecule has 8 heteroatoms. The minimum absolute atomic E-state index is 0.0332. The fourth-order valence-corrected chi connectivity index (χ4v) is 3.97. The van der Waals surface area contributed by atoms with E-state index in [-0.39, 0.29) is 23.6 Å². The third kappa shape index (κ3) is 3.42. The van der Waals surface area contributed by atoms with Crippen molar-refractivity contribution in [1.29, 1.82) is 0 Å². The van der Waals surface area contributed by atoms with Crippen LogP contribution in [0.3, 0.4) is 0 Å². The molecule has 0 radical (unpaired) electrons. The Bertz CT molecular complexity index is 623. The molecule has 0 N–H and O–H groups in total. The second-order valence-corrected chi connectivity index (χ2v) is 7.79. The van der Waals surface area contributed by atoms with Crippen molar-refractivity contribution in [3.63, 3.8) is 0 Å². The molecule has 0 amide bonds. The van der Waals surface area contributed by atoms with Crippen molar-refractivity contribution < 1.29 is 17.9 Å². The van der Waals surface area contributed by atoms with Crippen LogP contribution in [0.2, 0.25) is 0 Å². The largest absolute Gasteiger partial charge is 0.461 e. The molecule has 1 heterocycles. The number of carbonyl (C=O) groups is 1. The maximum Gasteiger partial charge on any atom is 0.360 e. The molecular formula is C13H21N3O4S. The molecule has 1 aliphatic rings. The van der Waals surface area contributed by atoms with E-state index < -0.39 is 15.8 Å². The molecule has 2 rings (SSSR count). The van der Waals surface area contributed by atoms with Gasteiger partial charge in [-0.25, -0.2) is 17.9 Å². The van der Waals surface area contributed by atoms with Crippen LogP contribution in [0.5, 0.6) is 0 Å². The standard InChI is InChI=1S/C13H21N3O4S/c1-4-20-13(17)12-9(2)16(15-14-12)10-6-5-7-11(8-10)21(3,18)19/h10-11H,4-8H2,1-3H3. The maximum absolute atomic E-state index is 11.8. The van der Waals surface area contributed by atoms with Gasteiger partial charge in [0.25, 0.3) is 0 Å². The molecule has 0 saturated heterocycles. The molecule has 1 aliphatic carbocycles. The number of rotatable bonds is 4. The fraction of sp³-hybridized carbons (Fsp3) is 0.769. The minimum Gasteiger partial charge on any atom is -0.461 e. The van der Waals surface area contributed by atoms with Crippen molar-refractivity contribution in [1.82, 2.24) is 15.0 Å². The van der Waals surface area contributed by atoms with Crippen LogP contribution < -0.4 is 0 Å². The van der Waals surface area contributed by atoms with E-state index in [1.54, 1.807) is 18.5 Å². The zero-order valence-corrected chi connectivity index (χ0v) is 13.4. The van der Waals surface area contributed by atoms with Gasteiger partial charge in [0.2, 0.25) is 0 Å². The van der Waals surface area contributed by atoms with Crippen molar-refractivity contribution in [2.24, 2.45) is 0 Å². The molecule has 21 heavy (non-hydrogen) atoms. The summed E-state index contributed by atoms with van der Waals surface area (Å²) in [6, 6.07) is -0.0332. The summed E-state index contributed by atoms with van der Waals surface area (Å²) >= 11 is 0. The Balaban J connectivity index is 2.21. The first-order chi connectivity index (χ1) is 9.84. The zero-order chi connectivity index (χ0) is 15.6. The van der Waals surface area contributed by atoms with Crippen molar-refractivity contribution in [2.75, 3.05) is 12.9 Å². The highest BCUT2D eigenvalue weighted by Crippen LogP contribution is 2.32. The Kier molecular flexibility index (Phi) is 4.65. The summed E-state index contributed by atoms with van der Waals surface area (Å²) in [7, 11) is -3.05. The van der Waals surface area contributed by atoms with Gasteiger partial charge in [-0.3, -0.25) is 0 Å². The van der Waals surface area contributed by atoms with Gasteiger partial charge < -0.3 is 4.74 Å².